The highest BCUT2D eigenvalue weighted by Gasteiger charge is 2.20. The third-order valence-corrected chi connectivity index (χ3v) is 2.90. The van der Waals surface area contributed by atoms with Crippen molar-refractivity contribution in [2.45, 2.75) is 32.9 Å². The number of carbonyl (C=O) groups is 1. The van der Waals surface area contributed by atoms with E-state index in [1.807, 2.05) is 13.8 Å². The zero-order valence-corrected chi connectivity index (χ0v) is 10.3. The van der Waals surface area contributed by atoms with Gasteiger partial charge in [-0.2, -0.15) is 0 Å². The van der Waals surface area contributed by atoms with Crippen LogP contribution in [0.4, 0.5) is 5.69 Å². The molecule has 1 aromatic rings. The number of hydrogen-bond donors (Lipinski definition) is 3. The van der Waals surface area contributed by atoms with Crippen molar-refractivity contribution < 1.29 is 4.79 Å². The molecular weight excluding hydrogens is 216 g/mol. The van der Waals surface area contributed by atoms with Crippen molar-refractivity contribution in [3.8, 4) is 0 Å². The standard InChI is InChI=1S/C12H20N4O/c1-3-8(2)11(14)12(17)16-9-5-4-6-15-10(9)7-13/h4-6,8,11H,3,7,13-14H2,1-2H3,(H,16,17)/t8-,11-/m0/s1. The molecule has 5 heteroatoms. The zero-order chi connectivity index (χ0) is 12.8. The molecule has 0 aliphatic rings. The molecule has 2 atom stereocenters. The Labute approximate surface area is 102 Å². The Balaban J connectivity index is 2.74. The third-order valence-electron chi connectivity index (χ3n) is 2.90. The van der Waals surface area contributed by atoms with Gasteiger partial charge < -0.3 is 16.8 Å². The fourth-order valence-corrected chi connectivity index (χ4v) is 1.44. The fraction of sp³-hybridized carbons (Fsp3) is 0.500. The van der Waals surface area contributed by atoms with Crippen molar-refractivity contribution >= 4 is 11.6 Å². The second-order valence-electron chi connectivity index (χ2n) is 4.10. The van der Waals surface area contributed by atoms with Crippen LogP contribution in [0.3, 0.4) is 0 Å². The Hall–Kier alpha value is -1.46. The van der Waals surface area contributed by atoms with E-state index in [1.54, 1.807) is 18.3 Å². The zero-order valence-electron chi connectivity index (χ0n) is 10.3. The van der Waals surface area contributed by atoms with Gasteiger partial charge in [0.05, 0.1) is 17.4 Å². The second-order valence-corrected chi connectivity index (χ2v) is 4.10. The summed E-state index contributed by atoms with van der Waals surface area (Å²) in [6.07, 6.45) is 2.51. The first-order valence-corrected chi connectivity index (χ1v) is 5.80. The first-order valence-electron chi connectivity index (χ1n) is 5.80. The van der Waals surface area contributed by atoms with Gasteiger partial charge in [-0.05, 0) is 18.1 Å². The van der Waals surface area contributed by atoms with Crippen LogP contribution in [0.2, 0.25) is 0 Å². The van der Waals surface area contributed by atoms with Crippen LogP contribution in [-0.4, -0.2) is 16.9 Å². The summed E-state index contributed by atoms with van der Waals surface area (Å²) in [6.45, 7) is 4.25. The molecule has 0 aliphatic heterocycles. The molecule has 0 fully saturated rings. The molecule has 0 radical (unpaired) electrons. The lowest BCUT2D eigenvalue weighted by molar-refractivity contribution is -0.118. The van der Waals surface area contributed by atoms with Crippen LogP contribution in [0.1, 0.15) is 26.0 Å². The molecule has 0 bridgehead atoms. The van der Waals surface area contributed by atoms with Gasteiger partial charge in [0.2, 0.25) is 5.91 Å². The molecule has 0 unspecified atom stereocenters. The Morgan fingerprint density at radius 1 is 1.59 bits per heavy atom. The van der Waals surface area contributed by atoms with E-state index in [9.17, 15) is 4.79 Å². The monoisotopic (exact) mass is 236 g/mol. The summed E-state index contributed by atoms with van der Waals surface area (Å²) >= 11 is 0. The second kappa shape index (κ2) is 6.32. The molecule has 0 saturated heterocycles. The minimum absolute atomic E-state index is 0.146. The van der Waals surface area contributed by atoms with Crippen molar-refractivity contribution in [2.75, 3.05) is 5.32 Å². The van der Waals surface area contributed by atoms with Crippen molar-refractivity contribution in [3.63, 3.8) is 0 Å². The van der Waals surface area contributed by atoms with Gasteiger partial charge in [-0.1, -0.05) is 20.3 Å². The van der Waals surface area contributed by atoms with Gasteiger partial charge in [0.1, 0.15) is 0 Å². The van der Waals surface area contributed by atoms with Crippen LogP contribution in [0.5, 0.6) is 0 Å². The molecule has 1 amide bonds. The van der Waals surface area contributed by atoms with Gasteiger partial charge in [-0.15, -0.1) is 0 Å². The van der Waals surface area contributed by atoms with Gasteiger partial charge in [0.25, 0.3) is 0 Å². The molecule has 0 aromatic carbocycles. The molecule has 0 saturated carbocycles. The average molecular weight is 236 g/mol. The van der Waals surface area contributed by atoms with Crippen molar-refractivity contribution in [3.05, 3.63) is 24.0 Å². The fourth-order valence-electron chi connectivity index (χ4n) is 1.44. The van der Waals surface area contributed by atoms with E-state index in [0.717, 1.165) is 6.42 Å². The number of rotatable bonds is 5. The summed E-state index contributed by atoms with van der Waals surface area (Å²) in [6, 6.07) is 3.02. The van der Waals surface area contributed by atoms with Crippen LogP contribution in [-0.2, 0) is 11.3 Å². The topological polar surface area (TPSA) is 94.0 Å². The highest BCUT2D eigenvalue weighted by atomic mass is 16.2. The summed E-state index contributed by atoms with van der Waals surface area (Å²) in [7, 11) is 0. The van der Waals surface area contributed by atoms with Gasteiger partial charge >= 0.3 is 0 Å². The summed E-state index contributed by atoms with van der Waals surface area (Å²) in [4.78, 5) is 16.0. The molecule has 1 rings (SSSR count). The molecule has 5 N–H and O–H groups in total. The molecule has 17 heavy (non-hydrogen) atoms. The van der Waals surface area contributed by atoms with Crippen LogP contribution in [0.15, 0.2) is 18.3 Å². The van der Waals surface area contributed by atoms with E-state index >= 15 is 0 Å². The number of amides is 1. The van der Waals surface area contributed by atoms with E-state index in [0.29, 0.717) is 11.4 Å². The molecule has 0 aliphatic carbocycles. The largest absolute Gasteiger partial charge is 0.325 e. The summed E-state index contributed by atoms with van der Waals surface area (Å²) in [5.41, 5.74) is 12.7. The Morgan fingerprint density at radius 3 is 2.88 bits per heavy atom. The number of anilines is 1. The third kappa shape index (κ3) is 3.51. The van der Waals surface area contributed by atoms with E-state index in [2.05, 4.69) is 10.3 Å². The molecule has 1 heterocycles. The predicted octanol–water partition coefficient (Wildman–Crippen LogP) is 0.852. The smallest absolute Gasteiger partial charge is 0.241 e. The maximum atomic E-state index is 11.9. The van der Waals surface area contributed by atoms with Gasteiger partial charge in [-0.25, -0.2) is 0 Å². The highest BCUT2D eigenvalue weighted by molar-refractivity contribution is 5.95. The highest BCUT2D eigenvalue weighted by Crippen LogP contribution is 2.13. The Kier molecular flexibility index (Phi) is 5.06. The maximum Gasteiger partial charge on any atom is 0.241 e. The van der Waals surface area contributed by atoms with Gasteiger partial charge in [0, 0.05) is 12.7 Å². The number of hydrogen-bond acceptors (Lipinski definition) is 4. The predicted molar refractivity (Wildman–Crippen MR) is 68.2 cm³/mol. The SMILES string of the molecule is CC[C@H](C)[C@H](N)C(=O)Nc1cccnc1CN. The van der Waals surface area contributed by atoms with Crippen molar-refractivity contribution in [1.29, 1.82) is 0 Å². The maximum absolute atomic E-state index is 11.9. The minimum atomic E-state index is -0.508. The van der Waals surface area contributed by atoms with E-state index in [1.165, 1.54) is 0 Å². The molecule has 94 valence electrons. The van der Waals surface area contributed by atoms with Gasteiger partial charge in [-0.3, -0.25) is 9.78 Å². The van der Waals surface area contributed by atoms with Crippen LogP contribution in [0, 0.1) is 5.92 Å². The number of carbonyl (C=O) groups excluding carboxylic acids is 1. The molecule has 0 spiro atoms. The number of pyridine rings is 1. The Morgan fingerprint density at radius 2 is 2.29 bits per heavy atom. The average Bonchev–Trinajstić information content (AvgIpc) is 2.37. The first kappa shape index (κ1) is 13.6. The summed E-state index contributed by atoms with van der Waals surface area (Å²) in [5, 5.41) is 2.77. The first-order chi connectivity index (χ1) is 8.10. The van der Waals surface area contributed by atoms with E-state index in [4.69, 9.17) is 11.5 Å². The van der Waals surface area contributed by atoms with E-state index < -0.39 is 6.04 Å². The van der Waals surface area contributed by atoms with Crippen molar-refractivity contribution in [1.82, 2.24) is 4.98 Å². The summed E-state index contributed by atoms with van der Waals surface area (Å²) < 4.78 is 0. The number of aromatic nitrogens is 1. The molecular formula is C12H20N4O. The van der Waals surface area contributed by atoms with Crippen LogP contribution in [0.25, 0.3) is 0 Å². The normalized spacial score (nSPS) is 14.1. The lowest BCUT2D eigenvalue weighted by Gasteiger charge is -2.18. The van der Waals surface area contributed by atoms with E-state index in [-0.39, 0.29) is 18.4 Å². The lowest BCUT2D eigenvalue weighted by Crippen LogP contribution is -2.40. The van der Waals surface area contributed by atoms with Crippen LogP contribution < -0.4 is 16.8 Å². The molecule has 5 nitrogen and oxygen atoms in total. The Bertz CT molecular complexity index is 381. The summed E-state index contributed by atoms with van der Waals surface area (Å²) in [5.74, 6) is -0.0463. The number of nitrogens with two attached hydrogens (primary N) is 2. The lowest BCUT2D eigenvalue weighted by atomic mass is 9.99. The van der Waals surface area contributed by atoms with Crippen LogP contribution >= 0.6 is 0 Å². The number of nitrogens with one attached hydrogen (secondary N) is 1. The van der Waals surface area contributed by atoms with Crippen molar-refractivity contribution in [2.24, 2.45) is 17.4 Å². The number of nitrogens with zero attached hydrogens (tertiary/aromatic N) is 1. The van der Waals surface area contributed by atoms with Gasteiger partial charge in [0.15, 0.2) is 0 Å². The quantitative estimate of drug-likeness (QED) is 0.706. The minimum Gasteiger partial charge on any atom is -0.325 e. The molecule has 1 aromatic heterocycles.